The Labute approximate surface area is 52.1 Å². The molecule has 0 N–H and O–H groups in total. The fourth-order valence-corrected chi connectivity index (χ4v) is 0.340. The first kappa shape index (κ1) is 7.49. The molecule has 0 radical (unpaired) electrons. The molecule has 0 bridgehead atoms. The number of hydrogen-bond donors (Lipinski definition) is 0. The Kier molecular flexibility index (Phi) is 4.35. The number of carbonyl (C=O) groups excluding carboxylic acids is 1. The van der Waals surface area contributed by atoms with E-state index in [9.17, 15) is 4.79 Å². The predicted octanol–water partition coefficient (Wildman–Crippen LogP) is 1.14. The van der Waals surface area contributed by atoms with Gasteiger partial charge in [-0.05, 0) is 6.26 Å². The predicted molar refractivity (Wildman–Crippen MR) is 34.4 cm³/mol. The van der Waals surface area contributed by atoms with E-state index in [4.69, 9.17) is 0 Å². The van der Waals surface area contributed by atoms with Crippen LogP contribution in [-0.4, -0.2) is 25.0 Å². The monoisotopic (exact) mass is 133 g/mol. The van der Waals surface area contributed by atoms with Gasteiger partial charge in [-0.3, -0.25) is 0 Å². The molecule has 4 heteroatoms. The van der Waals surface area contributed by atoms with E-state index in [1.165, 1.54) is 24.4 Å². The van der Waals surface area contributed by atoms with E-state index in [1.807, 2.05) is 6.26 Å². The third-order valence-corrected chi connectivity index (χ3v) is 0.754. The zero-order valence-electron chi connectivity index (χ0n) is 4.75. The molecule has 0 aliphatic heterocycles. The summed E-state index contributed by atoms with van der Waals surface area (Å²) in [6.45, 7) is 0. The first-order valence-corrected chi connectivity index (χ1v) is 3.23. The smallest absolute Gasteiger partial charge is 0.433 e. The summed E-state index contributed by atoms with van der Waals surface area (Å²) in [6, 6.07) is 0. The topological polar surface area (TPSA) is 38.7 Å². The summed E-state index contributed by atoms with van der Waals surface area (Å²) < 4.78 is 4.20. The van der Waals surface area contributed by atoms with Crippen molar-refractivity contribution in [2.24, 2.45) is 4.99 Å². The van der Waals surface area contributed by atoms with Gasteiger partial charge in [0, 0.05) is 0 Å². The minimum atomic E-state index is -0.556. The second-order valence-electron chi connectivity index (χ2n) is 0.940. The van der Waals surface area contributed by atoms with Crippen LogP contribution in [0.1, 0.15) is 0 Å². The van der Waals surface area contributed by atoms with E-state index < -0.39 is 6.09 Å². The molecule has 3 nitrogen and oxygen atoms in total. The number of methoxy groups -OCH3 is 1. The molecule has 8 heavy (non-hydrogen) atoms. The first-order chi connectivity index (χ1) is 3.81. The van der Waals surface area contributed by atoms with Crippen LogP contribution in [0.4, 0.5) is 4.79 Å². The molecule has 0 aliphatic rings. The quantitative estimate of drug-likeness (QED) is 0.397. The first-order valence-electron chi connectivity index (χ1n) is 1.94. The van der Waals surface area contributed by atoms with Gasteiger partial charge in [0.2, 0.25) is 0 Å². The van der Waals surface area contributed by atoms with E-state index in [1.54, 1.807) is 0 Å². The van der Waals surface area contributed by atoms with Crippen LogP contribution in [-0.2, 0) is 4.74 Å². The summed E-state index contributed by atoms with van der Waals surface area (Å²) >= 11 is 1.35. The van der Waals surface area contributed by atoms with Gasteiger partial charge in [-0.15, -0.1) is 11.8 Å². The highest BCUT2D eigenvalue weighted by Crippen LogP contribution is 1.85. The molecule has 0 aromatic rings. The molecule has 1 amide bonds. The third-order valence-electron chi connectivity index (χ3n) is 0.438. The van der Waals surface area contributed by atoms with Crippen LogP contribution in [0.3, 0.4) is 0 Å². The summed E-state index contributed by atoms with van der Waals surface area (Å²) in [4.78, 5) is 13.5. The van der Waals surface area contributed by atoms with Crippen molar-refractivity contribution in [3.8, 4) is 0 Å². The van der Waals surface area contributed by atoms with Crippen molar-refractivity contribution in [3.63, 3.8) is 0 Å². The minimum Gasteiger partial charge on any atom is -0.451 e. The number of ether oxygens (including phenoxy) is 1. The molecule has 0 fully saturated rings. The van der Waals surface area contributed by atoms with Crippen molar-refractivity contribution in [2.75, 3.05) is 13.4 Å². The van der Waals surface area contributed by atoms with Crippen LogP contribution in [0.5, 0.6) is 0 Å². The lowest BCUT2D eigenvalue weighted by Crippen LogP contribution is -1.90. The summed E-state index contributed by atoms with van der Waals surface area (Å²) in [5.41, 5.74) is 1.42. The minimum absolute atomic E-state index is 0.556. The van der Waals surface area contributed by atoms with Crippen molar-refractivity contribution in [1.82, 2.24) is 0 Å². The lowest BCUT2D eigenvalue weighted by molar-refractivity contribution is 0.183. The number of hydrogen-bond acceptors (Lipinski definition) is 3. The lowest BCUT2D eigenvalue weighted by Gasteiger charge is -1.85. The van der Waals surface area contributed by atoms with Gasteiger partial charge in [-0.1, -0.05) is 0 Å². The summed E-state index contributed by atoms with van der Waals surface area (Å²) in [7, 11) is 1.29. The Morgan fingerprint density at radius 2 is 2.50 bits per heavy atom. The van der Waals surface area contributed by atoms with Gasteiger partial charge in [-0.25, -0.2) is 4.79 Å². The van der Waals surface area contributed by atoms with Gasteiger partial charge < -0.3 is 4.74 Å². The van der Waals surface area contributed by atoms with Gasteiger partial charge in [0.05, 0.1) is 12.7 Å². The standard InChI is InChI=1S/C4H7NO2S/c1-7-4(6)5-3-8-2/h3H,1-2H3/b5-3-. The molecule has 0 spiro atoms. The third kappa shape index (κ3) is 3.67. The van der Waals surface area contributed by atoms with Crippen LogP contribution in [0, 0.1) is 0 Å². The van der Waals surface area contributed by atoms with Crippen molar-refractivity contribution < 1.29 is 9.53 Å². The number of carbonyl (C=O) groups is 1. The Morgan fingerprint density at radius 3 is 2.88 bits per heavy atom. The summed E-state index contributed by atoms with van der Waals surface area (Å²) in [6.07, 6.45) is 1.26. The highest BCUT2D eigenvalue weighted by molar-refractivity contribution is 8.11. The molecule has 0 aromatic carbocycles. The molecule has 0 saturated heterocycles. The Hall–Kier alpha value is -0.510. The molecular weight excluding hydrogens is 126 g/mol. The molecule has 0 aromatic heterocycles. The van der Waals surface area contributed by atoms with Gasteiger partial charge in [-0.2, -0.15) is 4.99 Å². The molecular formula is C4H7NO2S. The van der Waals surface area contributed by atoms with Crippen LogP contribution < -0.4 is 0 Å². The maximum Gasteiger partial charge on any atom is 0.433 e. The fraction of sp³-hybridized carbons (Fsp3) is 0.500. The van der Waals surface area contributed by atoms with E-state index in [0.29, 0.717) is 0 Å². The highest BCUT2D eigenvalue weighted by atomic mass is 32.2. The Morgan fingerprint density at radius 1 is 1.88 bits per heavy atom. The van der Waals surface area contributed by atoms with E-state index >= 15 is 0 Å². The summed E-state index contributed by atoms with van der Waals surface area (Å²) in [5.74, 6) is 0. The second-order valence-corrected chi connectivity index (χ2v) is 1.62. The van der Waals surface area contributed by atoms with Crippen LogP contribution in [0.15, 0.2) is 4.99 Å². The number of amides is 1. The number of nitrogens with zero attached hydrogens (tertiary/aromatic N) is 1. The molecule has 0 rings (SSSR count). The lowest BCUT2D eigenvalue weighted by atomic mass is 11.2. The van der Waals surface area contributed by atoms with Gasteiger partial charge in [0.25, 0.3) is 0 Å². The van der Waals surface area contributed by atoms with Gasteiger partial charge in [0.1, 0.15) is 0 Å². The van der Waals surface area contributed by atoms with Gasteiger partial charge >= 0.3 is 6.09 Å². The Balaban J connectivity index is 3.37. The van der Waals surface area contributed by atoms with E-state index in [2.05, 4.69) is 9.73 Å². The molecule has 0 unspecified atom stereocenters. The molecule has 0 atom stereocenters. The molecule has 0 aliphatic carbocycles. The molecule has 46 valence electrons. The SMILES string of the molecule is COC(=O)/N=C\SC. The largest absolute Gasteiger partial charge is 0.451 e. The molecule has 0 saturated carbocycles. The normalized spacial score (nSPS) is 9.75. The van der Waals surface area contributed by atoms with E-state index in [0.717, 1.165) is 0 Å². The van der Waals surface area contributed by atoms with Crippen molar-refractivity contribution >= 4 is 23.4 Å². The number of aliphatic imine (C=N–C) groups is 1. The fourth-order valence-electron chi connectivity index (χ4n) is 0.148. The van der Waals surface area contributed by atoms with Crippen molar-refractivity contribution in [3.05, 3.63) is 0 Å². The highest BCUT2D eigenvalue weighted by Gasteiger charge is 1.87. The van der Waals surface area contributed by atoms with E-state index in [-0.39, 0.29) is 0 Å². The zero-order valence-corrected chi connectivity index (χ0v) is 5.57. The maximum absolute atomic E-state index is 10.1. The van der Waals surface area contributed by atoms with Crippen molar-refractivity contribution in [2.45, 2.75) is 0 Å². The second kappa shape index (κ2) is 4.64. The molecule has 0 heterocycles. The maximum atomic E-state index is 10.1. The van der Waals surface area contributed by atoms with Crippen LogP contribution in [0.25, 0.3) is 0 Å². The number of rotatable bonds is 1. The summed E-state index contributed by atoms with van der Waals surface area (Å²) in [5, 5.41) is 0. The van der Waals surface area contributed by atoms with Crippen LogP contribution >= 0.6 is 11.8 Å². The zero-order chi connectivity index (χ0) is 6.41. The average molecular weight is 133 g/mol. The average Bonchev–Trinajstić information content (AvgIpc) is 1.83. The van der Waals surface area contributed by atoms with Gasteiger partial charge in [0.15, 0.2) is 0 Å². The Bertz CT molecular complexity index is 102. The van der Waals surface area contributed by atoms with Crippen LogP contribution in [0.2, 0.25) is 0 Å². The number of thioether (sulfide) groups is 1. The van der Waals surface area contributed by atoms with Crippen molar-refractivity contribution in [1.29, 1.82) is 0 Å².